The Morgan fingerprint density at radius 1 is 1.15 bits per heavy atom. The van der Waals surface area contributed by atoms with E-state index in [-0.39, 0.29) is 11.3 Å². The number of hydrogen-bond acceptors (Lipinski definition) is 5. The molecule has 0 fully saturated rings. The average Bonchev–Trinajstić information content (AvgIpc) is 2.64. The van der Waals surface area contributed by atoms with Crippen LogP contribution in [0, 0.1) is 11.3 Å². The summed E-state index contributed by atoms with van der Waals surface area (Å²) < 4.78 is 67.1. The third kappa shape index (κ3) is 5.44. The third-order valence-electron chi connectivity index (χ3n) is 3.16. The lowest BCUT2D eigenvalue weighted by Gasteiger charge is -2.11. The summed E-state index contributed by atoms with van der Waals surface area (Å²) in [6, 6.07) is 11.0. The van der Waals surface area contributed by atoms with Crippen LogP contribution in [0.5, 0.6) is 5.75 Å². The Hall–Kier alpha value is -3.10. The normalized spacial score (nSPS) is 11.5. The van der Waals surface area contributed by atoms with Crippen LogP contribution in [0.2, 0.25) is 0 Å². The lowest BCUT2D eigenvalue weighted by Crippen LogP contribution is -2.43. The van der Waals surface area contributed by atoms with Gasteiger partial charge < -0.3 is 4.74 Å². The number of halogens is 3. The van der Waals surface area contributed by atoms with Crippen molar-refractivity contribution in [1.82, 2.24) is 10.3 Å². The van der Waals surface area contributed by atoms with Gasteiger partial charge in [-0.15, -0.1) is 4.83 Å². The second kappa shape index (κ2) is 8.07. The summed E-state index contributed by atoms with van der Waals surface area (Å²) in [5.41, 5.74) is 0.852. The van der Waals surface area contributed by atoms with Gasteiger partial charge in [0.05, 0.1) is 16.0 Å². The number of sulfonamides is 1. The second-order valence-electron chi connectivity index (χ2n) is 5.08. The molecule has 11 heteroatoms. The quantitative estimate of drug-likeness (QED) is 0.722. The van der Waals surface area contributed by atoms with Crippen LogP contribution >= 0.6 is 0 Å². The molecule has 0 aliphatic carbocycles. The highest BCUT2D eigenvalue weighted by Gasteiger charge is 2.31. The predicted molar refractivity (Wildman–Crippen MR) is 86.6 cm³/mol. The van der Waals surface area contributed by atoms with Crippen molar-refractivity contribution in [3.8, 4) is 11.8 Å². The number of carbonyl (C=O) groups is 1. The van der Waals surface area contributed by atoms with Crippen LogP contribution in [0.1, 0.15) is 11.1 Å². The van der Waals surface area contributed by atoms with Gasteiger partial charge in [0.2, 0.25) is 0 Å². The maximum absolute atomic E-state index is 12.7. The van der Waals surface area contributed by atoms with Crippen molar-refractivity contribution < 1.29 is 31.1 Å². The van der Waals surface area contributed by atoms with E-state index < -0.39 is 39.2 Å². The Morgan fingerprint density at radius 2 is 1.85 bits per heavy atom. The Morgan fingerprint density at radius 3 is 2.52 bits per heavy atom. The first kappa shape index (κ1) is 20.2. The molecule has 2 aromatic carbocycles. The molecule has 0 saturated carbocycles. The van der Waals surface area contributed by atoms with Crippen LogP contribution in [-0.2, 0) is 21.0 Å². The number of nitrogens with zero attached hydrogens (tertiary/aromatic N) is 1. The molecule has 142 valence electrons. The van der Waals surface area contributed by atoms with Crippen LogP contribution in [0.15, 0.2) is 53.4 Å². The minimum atomic E-state index is -4.71. The molecule has 0 atom stereocenters. The molecule has 0 radical (unpaired) electrons. The number of benzene rings is 2. The van der Waals surface area contributed by atoms with Crippen molar-refractivity contribution >= 4 is 15.9 Å². The molecule has 2 aromatic rings. The third-order valence-corrected chi connectivity index (χ3v) is 4.41. The average molecular weight is 399 g/mol. The largest absolute Gasteiger partial charge is 0.482 e. The van der Waals surface area contributed by atoms with Crippen LogP contribution in [0.4, 0.5) is 13.2 Å². The van der Waals surface area contributed by atoms with Crippen LogP contribution < -0.4 is 15.0 Å². The van der Waals surface area contributed by atoms with Crippen LogP contribution in [0.25, 0.3) is 0 Å². The van der Waals surface area contributed by atoms with Crippen molar-refractivity contribution in [1.29, 1.82) is 5.26 Å². The molecule has 2 N–H and O–H groups in total. The van der Waals surface area contributed by atoms with Gasteiger partial charge in [-0.3, -0.25) is 10.2 Å². The zero-order valence-corrected chi connectivity index (χ0v) is 14.3. The van der Waals surface area contributed by atoms with Gasteiger partial charge in [0.15, 0.2) is 6.61 Å². The molecule has 0 bridgehead atoms. The number of alkyl halides is 3. The van der Waals surface area contributed by atoms with E-state index in [1.807, 2.05) is 11.5 Å². The SMILES string of the molecule is N#Cc1ccccc1OCC(=O)NNS(=O)(=O)c1cccc(C(F)(F)F)c1. The highest BCUT2D eigenvalue weighted by atomic mass is 32.2. The lowest BCUT2D eigenvalue weighted by molar-refractivity contribution is -0.137. The number of nitriles is 1. The van der Waals surface area contributed by atoms with Gasteiger partial charge in [0, 0.05) is 0 Å². The van der Waals surface area contributed by atoms with Gasteiger partial charge >= 0.3 is 6.18 Å². The molecule has 0 saturated heterocycles. The van der Waals surface area contributed by atoms with Gasteiger partial charge in [0.25, 0.3) is 15.9 Å². The van der Waals surface area contributed by atoms with Crippen molar-refractivity contribution in [3.63, 3.8) is 0 Å². The van der Waals surface area contributed by atoms with E-state index in [4.69, 9.17) is 10.00 Å². The number of nitrogens with one attached hydrogen (secondary N) is 2. The number of hydrazine groups is 1. The van der Waals surface area contributed by atoms with Gasteiger partial charge in [-0.25, -0.2) is 8.42 Å². The monoisotopic (exact) mass is 399 g/mol. The lowest BCUT2D eigenvalue weighted by atomic mass is 10.2. The summed E-state index contributed by atoms with van der Waals surface area (Å²) in [5, 5.41) is 8.90. The van der Waals surface area contributed by atoms with E-state index in [1.54, 1.807) is 17.0 Å². The van der Waals surface area contributed by atoms with E-state index >= 15 is 0 Å². The number of amides is 1. The number of rotatable bonds is 6. The number of hydrogen-bond donors (Lipinski definition) is 2. The van der Waals surface area contributed by atoms with Crippen LogP contribution in [0.3, 0.4) is 0 Å². The fourth-order valence-electron chi connectivity index (χ4n) is 1.89. The van der Waals surface area contributed by atoms with E-state index in [2.05, 4.69) is 0 Å². The molecule has 2 rings (SSSR count). The molecular weight excluding hydrogens is 387 g/mol. The van der Waals surface area contributed by atoms with Crippen molar-refractivity contribution in [2.45, 2.75) is 11.1 Å². The molecule has 27 heavy (non-hydrogen) atoms. The van der Waals surface area contributed by atoms with E-state index in [9.17, 15) is 26.4 Å². The highest BCUT2D eigenvalue weighted by Crippen LogP contribution is 2.30. The van der Waals surface area contributed by atoms with Crippen molar-refractivity contribution in [2.75, 3.05) is 6.61 Å². The first-order valence-corrected chi connectivity index (χ1v) is 8.71. The molecule has 1 amide bonds. The van der Waals surface area contributed by atoms with E-state index in [0.717, 1.165) is 18.2 Å². The summed E-state index contributed by atoms with van der Waals surface area (Å²) >= 11 is 0. The summed E-state index contributed by atoms with van der Waals surface area (Å²) in [6.07, 6.45) is -4.71. The molecule has 0 aromatic heterocycles. The topological polar surface area (TPSA) is 108 Å². The van der Waals surface area contributed by atoms with Crippen molar-refractivity contribution in [2.24, 2.45) is 0 Å². The first-order valence-electron chi connectivity index (χ1n) is 7.23. The first-order chi connectivity index (χ1) is 12.6. The van der Waals surface area contributed by atoms with Gasteiger partial charge in [0.1, 0.15) is 11.8 Å². The van der Waals surface area contributed by atoms with E-state index in [0.29, 0.717) is 6.07 Å². The van der Waals surface area contributed by atoms with Gasteiger partial charge in [-0.1, -0.05) is 18.2 Å². The smallest absolute Gasteiger partial charge is 0.416 e. The fraction of sp³-hybridized carbons (Fsp3) is 0.125. The zero-order valence-electron chi connectivity index (χ0n) is 13.4. The number of ether oxygens (including phenoxy) is 1. The standard InChI is InChI=1S/C16H12F3N3O4S/c17-16(18,19)12-5-3-6-13(8-12)27(24,25)22-21-15(23)10-26-14-7-2-1-4-11(14)9-20/h1-8,22H,10H2,(H,21,23). The summed E-state index contributed by atoms with van der Waals surface area (Å²) in [7, 11) is -4.42. The van der Waals surface area contributed by atoms with Gasteiger partial charge in [-0.2, -0.15) is 18.4 Å². The zero-order chi connectivity index (χ0) is 20.1. The maximum atomic E-state index is 12.7. The number of carbonyl (C=O) groups excluding carboxylic acids is 1. The summed E-state index contributed by atoms with van der Waals surface area (Å²) in [4.78, 5) is 12.7. The Labute approximate surface area is 152 Å². The molecule has 0 spiro atoms. The molecule has 7 nitrogen and oxygen atoms in total. The number of para-hydroxylation sites is 1. The van der Waals surface area contributed by atoms with Crippen LogP contribution in [-0.4, -0.2) is 20.9 Å². The minimum Gasteiger partial charge on any atom is -0.482 e. The van der Waals surface area contributed by atoms with Crippen molar-refractivity contribution in [3.05, 3.63) is 59.7 Å². The molecule has 0 aliphatic rings. The predicted octanol–water partition coefficient (Wildman–Crippen LogP) is 1.97. The second-order valence-corrected chi connectivity index (χ2v) is 6.76. The summed E-state index contributed by atoms with van der Waals surface area (Å²) in [5.74, 6) is -0.797. The Balaban J connectivity index is 1.99. The maximum Gasteiger partial charge on any atom is 0.416 e. The highest BCUT2D eigenvalue weighted by molar-refractivity contribution is 7.89. The Kier molecular flexibility index (Phi) is 6.04. The minimum absolute atomic E-state index is 0.121. The molecule has 0 unspecified atom stereocenters. The molecule has 0 aliphatic heterocycles. The molecule has 0 heterocycles. The fourth-order valence-corrected chi connectivity index (χ4v) is 2.79. The van der Waals surface area contributed by atoms with Gasteiger partial charge in [-0.05, 0) is 30.3 Å². The summed E-state index contributed by atoms with van der Waals surface area (Å²) in [6.45, 7) is -0.621. The van der Waals surface area contributed by atoms with E-state index in [1.165, 1.54) is 12.1 Å². The Bertz CT molecular complexity index is 985. The molecular formula is C16H12F3N3O4S.